The van der Waals surface area contributed by atoms with Crippen LogP contribution in [-0.2, 0) is 32.9 Å². The molecular weight excluding hydrogens is 595 g/mol. The zero-order chi connectivity index (χ0) is 31.0. The van der Waals surface area contributed by atoms with E-state index in [1.807, 2.05) is 0 Å². The molecule has 18 heteroatoms. The number of hydrogen-bond donors (Lipinski definition) is 4. The standard InChI is InChI=1S/C24H35N6O10PS/c1-11(2)39-22(34)12(3)29-41(36,42-9-14-7-16(31)28-20(14)33)38-8-15-18(32)24(5,35)23(40-15)30-10-25-17-19(30)26-13(4)27-21(17)37-6/h10-12,14-15,18,23,32,35H,7-9H2,1-6H3,(H,29,36)(H,28,31,33)/t12-,14?,15+,18+,23?,24+,41+/m0/s1. The number of nitrogens with one attached hydrogen (secondary N) is 2. The van der Waals surface area contributed by atoms with Gasteiger partial charge in [-0.15, -0.1) is 0 Å². The average Bonchev–Trinajstić information content (AvgIpc) is 3.53. The summed E-state index contributed by atoms with van der Waals surface area (Å²) in [5.74, 6) is -1.80. The van der Waals surface area contributed by atoms with E-state index in [4.69, 9.17) is 18.7 Å². The number of carbonyl (C=O) groups is 3. The Kier molecular flexibility index (Phi) is 9.62. The summed E-state index contributed by atoms with van der Waals surface area (Å²) in [7, 11) is 1.43. The maximum Gasteiger partial charge on any atom is 0.327 e. The van der Waals surface area contributed by atoms with Crippen LogP contribution in [0.4, 0.5) is 0 Å². The van der Waals surface area contributed by atoms with Crippen molar-refractivity contribution in [2.75, 3.05) is 19.5 Å². The molecule has 42 heavy (non-hydrogen) atoms. The molecular formula is C24H35N6O10PS. The second kappa shape index (κ2) is 12.5. The number of aliphatic hydroxyl groups is 2. The first-order valence-electron chi connectivity index (χ1n) is 13.2. The van der Waals surface area contributed by atoms with Crippen LogP contribution in [0.2, 0.25) is 0 Å². The summed E-state index contributed by atoms with van der Waals surface area (Å²) < 4.78 is 37.6. The number of imide groups is 1. The Bertz CT molecular complexity index is 1400. The van der Waals surface area contributed by atoms with Crippen LogP contribution < -0.4 is 15.1 Å². The lowest BCUT2D eigenvalue weighted by Crippen LogP contribution is -2.44. The van der Waals surface area contributed by atoms with Gasteiger partial charge in [-0.25, -0.2) is 15.1 Å². The Hall–Kier alpha value is -2.66. The molecule has 2 aliphatic heterocycles. The lowest BCUT2D eigenvalue weighted by atomic mass is 9.96. The molecule has 0 aliphatic carbocycles. The molecule has 4 N–H and O–H groups in total. The number of methoxy groups -OCH3 is 1. The quantitative estimate of drug-likeness (QED) is 0.144. The number of rotatable bonds is 12. The van der Waals surface area contributed by atoms with Crippen molar-refractivity contribution < 1.29 is 47.9 Å². The van der Waals surface area contributed by atoms with Gasteiger partial charge in [0.15, 0.2) is 17.4 Å². The number of imidazole rings is 1. The fraction of sp³-hybridized carbons (Fsp3) is 0.667. The molecule has 2 fully saturated rings. The van der Waals surface area contributed by atoms with Gasteiger partial charge >= 0.3 is 12.7 Å². The maximum absolute atomic E-state index is 13.9. The van der Waals surface area contributed by atoms with E-state index in [0.717, 1.165) is 11.4 Å². The van der Waals surface area contributed by atoms with E-state index in [0.29, 0.717) is 17.0 Å². The zero-order valence-corrected chi connectivity index (χ0v) is 25.7. The maximum atomic E-state index is 13.9. The summed E-state index contributed by atoms with van der Waals surface area (Å²) in [5, 5.41) is 27.1. The molecule has 2 unspecified atom stereocenters. The van der Waals surface area contributed by atoms with Gasteiger partial charge in [-0.05, 0) is 34.6 Å². The Labute approximate surface area is 245 Å². The second-order valence-corrected chi connectivity index (χ2v) is 14.9. The van der Waals surface area contributed by atoms with E-state index in [1.165, 1.54) is 31.9 Å². The van der Waals surface area contributed by atoms with Gasteiger partial charge in [-0.1, -0.05) is 11.4 Å². The van der Waals surface area contributed by atoms with Gasteiger partial charge < -0.3 is 28.9 Å². The lowest BCUT2D eigenvalue weighted by Gasteiger charge is -2.27. The molecule has 2 amide bonds. The number of nitrogens with zero attached hydrogens (tertiary/aromatic N) is 4. The first-order valence-corrected chi connectivity index (χ1v) is 16.4. The van der Waals surface area contributed by atoms with E-state index in [9.17, 15) is 29.2 Å². The second-order valence-electron chi connectivity index (χ2n) is 10.5. The number of hydrogen-bond acceptors (Lipinski definition) is 14. The minimum Gasteiger partial charge on any atom is -0.479 e. The SMILES string of the molecule is COc1nc(C)nc2c1ncn2C1O[C@H](CO[P@](=O)(N[C@@H](C)C(=O)OC(C)C)SCC2CC(=O)NC2=O)[C@@H](O)[C@@]1(C)O. The first kappa shape index (κ1) is 32.3. The largest absolute Gasteiger partial charge is 0.479 e. The molecule has 0 radical (unpaired) electrons. The number of aliphatic hydroxyl groups excluding tert-OH is 1. The summed E-state index contributed by atoms with van der Waals surface area (Å²) in [5.41, 5.74) is -1.25. The van der Waals surface area contributed by atoms with Gasteiger partial charge in [0.05, 0.1) is 32.1 Å². The fourth-order valence-electron chi connectivity index (χ4n) is 4.52. The number of fused-ring (bicyclic) bond motifs is 1. The summed E-state index contributed by atoms with van der Waals surface area (Å²) in [4.78, 5) is 48.9. The number of carbonyl (C=O) groups excluding carboxylic acids is 3. The fourth-order valence-corrected chi connectivity index (χ4v) is 8.55. The van der Waals surface area contributed by atoms with Crippen LogP contribution in [0.3, 0.4) is 0 Å². The number of aryl methyl sites for hydroxylation is 1. The van der Waals surface area contributed by atoms with Crippen molar-refractivity contribution in [1.82, 2.24) is 29.9 Å². The molecule has 0 spiro atoms. The number of amides is 2. The molecule has 2 saturated heterocycles. The van der Waals surface area contributed by atoms with Gasteiger partial charge in [0.25, 0.3) is 0 Å². The molecule has 2 aromatic rings. The van der Waals surface area contributed by atoms with Gasteiger partial charge in [0.2, 0.25) is 17.7 Å². The van der Waals surface area contributed by atoms with Crippen LogP contribution >= 0.6 is 18.1 Å². The third-order valence-corrected chi connectivity index (χ3v) is 10.9. The summed E-state index contributed by atoms with van der Waals surface area (Å²) in [6.45, 7) is 3.34. The van der Waals surface area contributed by atoms with Crippen molar-refractivity contribution >= 4 is 47.1 Å². The van der Waals surface area contributed by atoms with Gasteiger partial charge in [-0.2, -0.15) is 4.98 Å². The molecule has 4 rings (SSSR count). The Morgan fingerprint density at radius 3 is 2.69 bits per heavy atom. The Morgan fingerprint density at radius 1 is 1.36 bits per heavy atom. The summed E-state index contributed by atoms with van der Waals surface area (Å²) >= 11 is 0.738. The Morgan fingerprint density at radius 2 is 2.07 bits per heavy atom. The first-order chi connectivity index (χ1) is 19.6. The highest BCUT2D eigenvalue weighted by atomic mass is 32.7. The van der Waals surface area contributed by atoms with Crippen LogP contribution in [0.1, 0.15) is 46.2 Å². The molecule has 4 heterocycles. The van der Waals surface area contributed by atoms with Crippen LogP contribution in [0, 0.1) is 12.8 Å². The van der Waals surface area contributed by atoms with Crippen molar-refractivity contribution in [1.29, 1.82) is 0 Å². The predicted molar refractivity (Wildman–Crippen MR) is 148 cm³/mol. The van der Waals surface area contributed by atoms with E-state index in [2.05, 4.69) is 25.4 Å². The van der Waals surface area contributed by atoms with E-state index >= 15 is 0 Å². The highest BCUT2D eigenvalue weighted by Gasteiger charge is 2.54. The topological polar surface area (TPSA) is 213 Å². The van der Waals surface area contributed by atoms with Crippen LogP contribution in [0.15, 0.2) is 6.33 Å². The average molecular weight is 631 g/mol. The van der Waals surface area contributed by atoms with Gasteiger partial charge in [0, 0.05) is 12.2 Å². The van der Waals surface area contributed by atoms with E-state index in [1.54, 1.807) is 20.8 Å². The molecule has 7 atom stereocenters. The predicted octanol–water partition coefficient (Wildman–Crippen LogP) is 0.603. The summed E-state index contributed by atoms with van der Waals surface area (Å²) in [6, 6.07) is -1.06. The third kappa shape index (κ3) is 6.77. The highest BCUT2D eigenvalue weighted by molar-refractivity contribution is 8.56. The lowest BCUT2D eigenvalue weighted by molar-refractivity contribution is -0.149. The normalized spacial score (nSPS) is 28.2. The van der Waals surface area contributed by atoms with Crippen molar-refractivity contribution in [3.8, 4) is 5.88 Å². The molecule has 0 aromatic carbocycles. The van der Waals surface area contributed by atoms with Crippen molar-refractivity contribution in [3.63, 3.8) is 0 Å². The minimum atomic E-state index is -3.98. The van der Waals surface area contributed by atoms with Crippen LogP contribution in [0.5, 0.6) is 5.88 Å². The van der Waals surface area contributed by atoms with Gasteiger partial charge in [-0.3, -0.25) is 28.8 Å². The van der Waals surface area contributed by atoms with Crippen molar-refractivity contribution in [3.05, 3.63) is 12.2 Å². The summed E-state index contributed by atoms with van der Waals surface area (Å²) in [6.07, 6.45) is -3.00. The molecule has 2 aliphatic rings. The van der Waals surface area contributed by atoms with Crippen LogP contribution in [-0.4, -0.2) is 96.9 Å². The number of ether oxygens (including phenoxy) is 3. The molecule has 16 nitrogen and oxygen atoms in total. The molecule has 232 valence electrons. The van der Waals surface area contributed by atoms with E-state index in [-0.39, 0.29) is 18.1 Å². The smallest absolute Gasteiger partial charge is 0.327 e. The third-order valence-electron chi connectivity index (χ3n) is 6.68. The monoisotopic (exact) mass is 630 g/mol. The number of aromatic nitrogens is 4. The van der Waals surface area contributed by atoms with Gasteiger partial charge in [0.1, 0.15) is 29.7 Å². The van der Waals surface area contributed by atoms with Crippen molar-refractivity contribution in [2.24, 2.45) is 5.92 Å². The number of esters is 1. The van der Waals surface area contributed by atoms with Crippen LogP contribution in [0.25, 0.3) is 11.2 Å². The molecule has 0 bridgehead atoms. The Balaban J connectivity index is 1.53. The van der Waals surface area contributed by atoms with E-state index < -0.39 is 73.2 Å². The van der Waals surface area contributed by atoms with Crippen molar-refractivity contribution in [2.45, 2.75) is 77.2 Å². The molecule has 2 aromatic heterocycles. The zero-order valence-electron chi connectivity index (χ0n) is 24.0. The highest BCUT2D eigenvalue weighted by Crippen LogP contribution is 2.58. The molecule has 0 saturated carbocycles. The minimum absolute atomic E-state index is 0.0515.